The fourth-order valence-corrected chi connectivity index (χ4v) is 7.87. The van der Waals surface area contributed by atoms with Gasteiger partial charge in [-0.2, -0.15) is 5.01 Å². The van der Waals surface area contributed by atoms with Gasteiger partial charge in [0.2, 0.25) is 5.91 Å². The SMILES string of the molecule is CC1(C)CCC(CN2C3CCC2CN(Cc2ccc4c(c2)C(=O)N(N2CCC(=O)NC2=O)C4=O)C3)=C(c2ccc(Cl)cc2)C1. The standard InChI is InChI=1S/C34H38ClN5O4/c1-34(2)13-11-23(29(16-34)22-4-6-24(35)7-5-22)18-38-25-8-9-26(38)20-37(19-25)17-21-3-10-27-28(15-21)32(43)40(31(27)42)39-14-12-30(41)36-33(39)44/h3-7,10,15,25-26H,8-9,11-14,16-20H2,1-2H3,(H,36,41,44). The van der Waals surface area contributed by atoms with Crippen molar-refractivity contribution in [1.29, 1.82) is 0 Å². The molecule has 9 nitrogen and oxygen atoms in total. The first-order valence-electron chi connectivity index (χ1n) is 15.6. The largest absolute Gasteiger partial charge is 0.343 e. The van der Waals surface area contributed by atoms with Crippen LogP contribution in [0.25, 0.3) is 5.57 Å². The van der Waals surface area contributed by atoms with Crippen molar-refractivity contribution in [3.05, 3.63) is 75.3 Å². The number of nitrogens with one attached hydrogen (secondary N) is 1. The molecule has 10 heteroatoms. The molecular formula is C34H38ClN5O4. The number of hydrogen-bond donors (Lipinski definition) is 1. The summed E-state index contributed by atoms with van der Waals surface area (Å²) in [5, 5.41) is 4.85. The van der Waals surface area contributed by atoms with E-state index in [1.54, 1.807) is 17.7 Å². The summed E-state index contributed by atoms with van der Waals surface area (Å²) in [5.41, 5.74) is 6.19. The molecule has 2 aromatic carbocycles. The van der Waals surface area contributed by atoms with Crippen molar-refractivity contribution in [3.8, 4) is 0 Å². The van der Waals surface area contributed by atoms with Crippen LogP contribution in [0.2, 0.25) is 5.02 Å². The number of urea groups is 1. The Kier molecular flexibility index (Phi) is 7.38. The highest BCUT2D eigenvalue weighted by Crippen LogP contribution is 2.44. The van der Waals surface area contributed by atoms with Gasteiger partial charge in [-0.05, 0) is 78.5 Å². The first-order chi connectivity index (χ1) is 21.1. The second kappa shape index (κ2) is 11.1. The van der Waals surface area contributed by atoms with E-state index in [0.29, 0.717) is 24.2 Å². The molecule has 5 amide bonds. The van der Waals surface area contributed by atoms with Crippen molar-refractivity contribution in [3.63, 3.8) is 0 Å². The lowest BCUT2D eigenvalue weighted by molar-refractivity contribution is -0.122. The number of allylic oxidation sites excluding steroid dienone is 1. The number of fused-ring (bicyclic) bond motifs is 3. The number of imide groups is 2. The fourth-order valence-electron chi connectivity index (χ4n) is 7.75. The van der Waals surface area contributed by atoms with E-state index in [-0.39, 0.29) is 23.9 Å². The molecule has 44 heavy (non-hydrogen) atoms. The third-order valence-corrected chi connectivity index (χ3v) is 10.3. The van der Waals surface area contributed by atoms with Crippen LogP contribution in [-0.4, -0.2) is 81.8 Å². The Morgan fingerprint density at radius 1 is 0.886 bits per heavy atom. The Bertz CT molecular complexity index is 1570. The first-order valence-corrected chi connectivity index (χ1v) is 16.0. The number of likely N-dealkylation sites (tertiary alicyclic amines) is 1. The van der Waals surface area contributed by atoms with E-state index >= 15 is 0 Å². The maximum Gasteiger partial charge on any atom is 0.343 e. The molecule has 4 aliphatic heterocycles. The van der Waals surface area contributed by atoms with E-state index in [1.165, 1.54) is 30.4 Å². The maximum absolute atomic E-state index is 13.3. The lowest BCUT2D eigenvalue weighted by Gasteiger charge is -2.43. The number of piperazine rings is 1. The number of nitrogens with zero attached hydrogens (tertiary/aromatic N) is 4. The van der Waals surface area contributed by atoms with E-state index in [1.807, 2.05) is 18.2 Å². The summed E-state index contributed by atoms with van der Waals surface area (Å²) in [6.45, 7) is 8.36. The van der Waals surface area contributed by atoms with Crippen LogP contribution in [0.5, 0.6) is 0 Å². The number of carbonyl (C=O) groups is 4. The molecule has 7 rings (SSSR count). The molecule has 0 saturated carbocycles. The van der Waals surface area contributed by atoms with E-state index in [4.69, 9.17) is 11.6 Å². The van der Waals surface area contributed by atoms with Gasteiger partial charge in [-0.25, -0.2) is 9.80 Å². The summed E-state index contributed by atoms with van der Waals surface area (Å²) in [6.07, 6.45) is 5.81. The summed E-state index contributed by atoms with van der Waals surface area (Å²) in [4.78, 5) is 55.5. The molecule has 2 atom stereocenters. The first kappa shape index (κ1) is 29.2. The van der Waals surface area contributed by atoms with Crippen molar-refractivity contribution in [1.82, 2.24) is 25.1 Å². The van der Waals surface area contributed by atoms with E-state index in [2.05, 4.69) is 41.1 Å². The van der Waals surface area contributed by atoms with Gasteiger partial charge in [0.15, 0.2) is 0 Å². The molecule has 0 spiro atoms. The molecule has 230 valence electrons. The number of benzene rings is 2. The minimum atomic E-state index is -0.752. The summed E-state index contributed by atoms with van der Waals surface area (Å²) >= 11 is 6.22. The minimum Gasteiger partial charge on any atom is -0.296 e. The van der Waals surface area contributed by atoms with Gasteiger partial charge in [-0.15, -0.1) is 0 Å². The smallest absolute Gasteiger partial charge is 0.296 e. The highest BCUT2D eigenvalue weighted by atomic mass is 35.5. The summed E-state index contributed by atoms with van der Waals surface area (Å²) in [7, 11) is 0. The van der Waals surface area contributed by atoms with Gasteiger partial charge in [0.05, 0.1) is 17.7 Å². The molecule has 2 aromatic rings. The zero-order chi connectivity index (χ0) is 30.7. The van der Waals surface area contributed by atoms with E-state index in [9.17, 15) is 19.2 Å². The summed E-state index contributed by atoms with van der Waals surface area (Å²) in [5.74, 6) is -1.48. The number of rotatable bonds is 6. The predicted octanol–water partition coefficient (Wildman–Crippen LogP) is 5.11. The van der Waals surface area contributed by atoms with Crippen LogP contribution in [0.3, 0.4) is 0 Å². The molecule has 1 N–H and O–H groups in total. The molecule has 2 bridgehead atoms. The van der Waals surface area contributed by atoms with Crippen molar-refractivity contribution in [2.24, 2.45) is 5.41 Å². The van der Waals surface area contributed by atoms with Crippen LogP contribution < -0.4 is 5.32 Å². The summed E-state index contributed by atoms with van der Waals surface area (Å²) in [6, 6.07) is 13.9. The monoisotopic (exact) mass is 615 g/mol. The highest BCUT2D eigenvalue weighted by molar-refractivity contribution is 6.30. The van der Waals surface area contributed by atoms with Gasteiger partial charge in [0, 0.05) is 49.7 Å². The highest BCUT2D eigenvalue weighted by Gasteiger charge is 2.44. The number of hydrazine groups is 1. The van der Waals surface area contributed by atoms with Crippen LogP contribution in [0.15, 0.2) is 48.0 Å². The van der Waals surface area contributed by atoms with Gasteiger partial charge >= 0.3 is 6.03 Å². The van der Waals surface area contributed by atoms with Crippen molar-refractivity contribution in [2.45, 2.75) is 71.0 Å². The molecule has 4 heterocycles. The normalized spacial score (nSPS) is 25.6. The molecule has 1 aliphatic carbocycles. The van der Waals surface area contributed by atoms with Gasteiger partial charge < -0.3 is 0 Å². The lowest BCUT2D eigenvalue weighted by Crippen LogP contribution is -2.58. The van der Waals surface area contributed by atoms with Gasteiger partial charge in [0.1, 0.15) is 0 Å². The predicted molar refractivity (Wildman–Crippen MR) is 167 cm³/mol. The Morgan fingerprint density at radius 2 is 1.59 bits per heavy atom. The zero-order valence-electron chi connectivity index (χ0n) is 25.3. The van der Waals surface area contributed by atoms with Crippen LogP contribution >= 0.6 is 11.6 Å². The number of carbonyl (C=O) groups excluding carboxylic acids is 4. The van der Waals surface area contributed by atoms with Crippen molar-refractivity contribution < 1.29 is 19.2 Å². The van der Waals surface area contributed by atoms with Crippen molar-refractivity contribution >= 4 is 40.9 Å². The topological polar surface area (TPSA) is 93.3 Å². The third kappa shape index (κ3) is 5.35. The van der Waals surface area contributed by atoms with Gasteiger partial charge in [0.25, 0.3) is 11.8 Å². The maximum atomic E-state index is 13.3. The van der Waals surface area contributed by atoms with Crippen LogP contribution in [0.1, 0.15) is 84.2 Å². The van der Waals surface area contributed by atoms with E-state index in [0.717, 1.165) is 53.1 Å². The molecule has 3 fully saturated rings. The Morgan fingerprint density at radius 3 is 2.30 bits per heavy atom. The van der Waals surface area contributed by atoms with Crippen LogP contribution in [0.4, 0.5) is 4.79 Å². The average molecular weight is 616 g/mol. The number of halogens is 1. The summed E-state index contributed by atoms with van der Waals surface area (Å²) < 4.78 is 0. The molecule has 5 aliphatic rings. The van der Waals surface area contributed by atoms with Crippen LogP contribution in [0, 0.1) is 5.41 Å². The second-order valence-electron chi connectivity index (χ2n) is 13.7. The van der Waals surface area contributed by atoms with E-state index < -0.39 is 23.8 Å². The third-order valence-electron chi connectivity index (χ3n) is 10.1. The Balaban J connectivity index is 1.04. The van der Waals surface area contributed by atoms with Gasteiger partial charge in [-0.1, -0.05) is 49.2 Å². The molecule has 2 unspecified atom stereocenters. The Labute approximate surface area is 262 Å². The minimum absolute atomic E-state index is 0.00803. The van der Waals surface area contributed by atoms with Gasteiger partial charge in [-0.3, -0.25) is 29.5 Å². The lowest BCUT2D eigenvalue weighted by atomic mass is 9.72. The fraction of sp³-hybridized carbons (Fsp3) is 0.471. The zero-order valence-corrected chi connectivity index (χ0v) is 26.0. The van der Waals surface area contributed by atoms with Crippen LogP contribution in [-0.2, 0) is 11.3 Å². The van der Waals surface area contributed by atoms with Crippen molar-refractivity contribution in [2.75, 3.05) is 26.2 Å². The molecule has 0 radical (unpaired) electrons. The Hall–Kier alpha value is -3.53. The average Bonchev–Trinajstić information content (AvgIpc) is 3.36. The molecule has 3 saturated heterocycles. The second-order valence-corrected chi connectivity index (χ2v) is 14.1. The quantitative estimate of drug-likeness (QED) is 0.454. The molecule has 0 aromatic heterocycles. The molecular weight excluding hydrogens is 578 g/mol. The number of hydrogen-bond acceptors (Lipinski definition) is 6. The number of amides is 5.